The molecule has 3 rings (SSSR count). The first-order chi connectivity index (χ1) is 8.43. The van der Waals surface area contributed by atoms with Crippen molar-refractivity contribution in [2.75, 3.05) is 23.4 Å². The van der Waals surface area contributed by atoms with Gasteiger partial charge in [-0.05, 0) is 53.9 Å². The van der Waals surface area contributed by atoms with E-state index in [1.54, 1.807) is 11.5 Å². The van der Waals surface area contributed by atoms with Gasteiger partial charge >= 0.3 is 0 Å². The molecule has 1 aliphatic rings. The highest BCUT2D eigenvalue weighted by atomic mass is 32.2. The summed E-state index contributed by atoms with van der Waals surface area (Å²) in [5, 5.41) is 6.09. The molecule has 0 saturated carbocycles. The summed E-state index contributed by atoms with van der Waals surface area (Å²) in [7, 11) is 0. The summed E-state index contributed by atoms with van der Waals surface area (Å²) in [6, 6.07) is 8.36. The molecule has 1 aromatic carbocycles. The fourth-order valence-electron chi connectivity index (χ4n) is 2.20. The fraction of sp³-hybridized carbons (Fsp3) is 0.462. The molecule has 0 spiro atoms. The van der Waals surface area contributed by atoms with Crippen LogP contribution in [0.15, 0.2) is 24.3 Å². The second kappa shape index (κ2) is 5.27. The van der Waals surface area contributed by atoms with Gasteiger partial charge in [-0.3, -0.25) is 0 Å². The molecule has 1 fully saturated rings. The maximum absolute atomic E-state index is 4.46. The molecule has 2 aromatic rings. The minimum absolute atomic E-state index is 0.845. The van der Waals surface area contributed by atoms with Crippen molar-refractivity contribution in [2.45, 2.75) is 12.8 Å². The van der Waals surface area contributed by atoms with E-state index in [0.717, 1.165) is 18.0 Å². The van der Waals surface area contributed by atoms with E-state index in [4.69, 9.17) is 0 Å². The lowest BCUT2D eigenvalue weighted by Crippen LogP contribution is -2.18. The number of anilines is 1. The molecular formula is C13H16N2S2. The van der Waals surface area contributed by atoms with Crippen molar-refractivity contribution < 1.29 is 0 Å². The standard InChI is InChI=1S/C13H16N2S2/c1-2-4-12-11(3-1)13(17-15-12)14-9-10-5-7-16-8-6-10/h1-4,10,14H,5-9H2. The number of nitrogens with one attached hydrogen (secondary N) is 1. The number of rotatable bonds is 3. The summed E-state index contributed by atoms with van der Waals surface area (Å²) >= 11 is 3.67. The van der Waals surface area contributed by atoms with Crippen molar-refractivity contribution in [1.82, 2.24) is 4.37 Å². The maximum atomic E-state index is 4.46. The van der Waals surface area contributed by atoms with E-state index in [2.05, 4.69) is 39.7 Å². The molecule has 1 N–H and O–H groups in total. The third-order valence-corrected chi connectivity index (χ3v) is 5.16. The molecule has 0 aliphatic carbocycles. The van der Waals surface area contributed by atoms with Gasteiger partial charge in [-0.1, -0.05) is 12.1 Å². The molecule has 1 aliphatic heterocycles. The normalized spacial score (nSPS) is 17.4. The first-order valence-electron chi connectivity index (χ1n) is 6.09. The Labute approximate surface area is 110 Å². The van der Waals surface area contributed by atoms with Crippen molar-refractivity contribution in [3.05, 3.63) is 24.3 Å². The summed E-state index contributed by atoms with van der Waals surface area (Å²) < 4.78 is 4.46. The molecule has 2 nitrogen and oxygen atoms in total. The monoisotopic (exact) mass is 264 g/mol. The molecule has 90 valence electrons. The minimum atomic E-state index is 0.845. The summed E-state index contributed by atoms with van der Waals surface area (Å²) in [5.74, 6) is 3.50. The molecule has 0 radical (unpaired) electrons. The molecule has 0 unspecified atom stereocenters. The van der Waals surface area contributed by atoms with Crippen molar-refractivity contribution in [3.8, 4) is 0 Å². The van der Waals surface area contributed by atoms with Gasteiger partial charge in [-0.25, -0.2) is 0 Å². The number of nitrogens with zero attached hydrogens (tertiary/aromatic N) is 1. The van der Waals surface area contributed by atoms with Crippen LogP contribution in [-0.2, 0) is 0 Å². The van der Waals surface area contributed by atoms with Crippen LogP contribution in [0, 0.1) is 5.92 Å². The van der Waals surface area contributed by atoms with E-state index in [1.165, 1.54) is 34.7 Å². The molecule has 1 aromatic heterocycles. The predicted octanol–water partition coefficient (Wildman–Crippen LogP) is 3.85. The second-order valence-corrected chi connectivity index (χ2v) is 6.46. The largest absolute Gasteiger partial charge is 0.375 e. The molecule has 0 bridgehead atoms. The van der Waals surface area contributed by atoms with E-state index in [9.17, 15) is 0 Å². The highest BCUT2D eigenvalue weighted by Crippen LogP contribution is 2.29. The first kappa shape index (κ1) is 11.4. The maximum Gasteiger partial charge on any atom is 0.117 e. The van der Waals surface area contributed by atoms with Crippen molar-refractivity contribution in [2.24, 2.45) is 5.92 Å². The van der Waals surface area contributed by atoms with Crippen LogP contribution >= 0.6 is 23.3 Å². The zero-order valence-electron chi connectivity index (χ0n) is 9.69. The molecule has 17 heavy (non-hydrogen) atoms. The minimum Gasteiger partial charge on any atom is -0.375 e. The van der Waals surface area contributed by atoms with E-state index < -0.39 is 0 Å². The van der Waals surface area contributed by atoms with Gasteiger partial charge in [0.05, 0.1) is 5.52 Å². The molecule has 4 heteroatoms. The van der Waals surface area contributed by atoms with Gasteiger partial charge in [0, 0.05) is 11.9 Å². The van der Waals surface area contributed by atoms with E-state index >= 15 is 0 Å². The Balaban J connectivity index is 1.68. The summed E-state index contributed by atoms with van der Waals surface area (Å²) in [4.78, 5) is 0. The van der Waals surface area contributed by atoms with Crippen LogP contribution in [0.1, 0.15) is 12.8 Å². The highest BCUT2D eigenvalue weighted by molar-refractivity contribution is 7.99. The SMILES string of the molecule is c1ccc2c(NCC3CCSCC3)snc2c1. The quantitative estimate of drug-likeness (QED) is 0.911. The van der Waals surface area contributed by atoms with Gasteiger partial charge in [-0.2, -0.15) is 16.1 Å². The van der Waals surface area contributed by atoms with Gasteiger partial charge in [0.15, 0.2) is 0 Å². The van der Waals surface area contributed by atoms with Crippen LogP contribution in [0.25, 0.3) is 10.9 Å². The van der Waals surface area contributed by atoms with Crippen molar-refractivity contribution >= 4 is 39.2 Å². The Morgan fingerprint density at radius 2 is 2.06 bits per heavy atom. The van der Waals surface area contributed by atoms with Gasteiger partial charge < -0.3 is 5.32 Å². The Kier molecular flexibility index (Phi) is 3.52. The lowest BCUT2D eigenvalue weighted by Gasteiger charge is -2.21. The van der Waals surface area contributed by atoms with Crippen LogP contribution in [0.3, 0.4) is 0 Å². The molecule has 0 amide bonds. The Morgan fingerprint density at radius 1 is 1.24 bits per heavy atom. The molecular weight excluding hydrogens is 248 g/mol. The number of fused-ring (bicyclic) bond motifs is 1. The van der Waals surface area contributed by atoms with Crippen LogP contribution in [0.2, 0.25) is 0 Å². The fourth-order valence-corrected chi connectivity index (χ4v) is 4.18. The van der Waals surface area contributed by atoms with Crippen LogP contribution in [0.4, 0.5) is 5.00 Å². The summed E-state index contributed by atoms with van der Waals surface area (Å²) in [5.41, 5.74) is 1.11. The van der Waals surface area contributed by atoms with E-state index in [1.807, 2.05) is 6.07 Å². The number of hydrogen-bond acceptors (Lipinski definition) is 4. The number of thioether (sulfide) groups is 1. The Morgan fingerprint density at radius 3 is 2.94 bits per heavy atom. The van der Waals surface area contributed by atoms with E-state index in [-0.39, 0.29) is 0 Å². The lowest BCUT2D eigenvalue weighted by molar-refractivity contribution is 0.517. The lowest BCUT2D eigenvalue weighted by atomic mass is 10.0. The number of benzene rings is 1. The smallest absolute Gasteiger partial charge is 0.117 e. The average Bonchev–Trinajstić information content (AvgIpc) is 2.81. The van der Waals surface area contributed by atoms with Crippen LogP contribution in [-0.4, -0.2) is 22.4 Å². The Hall–Kier alpha value is -0.740. The first-order valence-corrected chi connectivity index (χ1v) is 8.02. The average molecular weight is 264 g/mol. The third kappa shape index (κ3) is 2.58. The van der Waals surface area contributed by atoms with Crippen molar-refractivity contribution in [1.29, 1.82) is 0 Å². The molecule has 2 heterocycles. The topological polar surface area (TPSA) is 24.9 Å². The van der Waals surface area contributed by atoms with Gasteiger partial charge in [-0.15, -0.1) is 0 Å². The van der Waals surface area contributed by atoms with Gasteiger partial charge in [0.2, 0.25) is 0 Å². The van der Waals surface area contributed by atoms with Crippen LogP contribution < -0.4 is 5.32 Å². The van der Waals surface area contributed by atoms with Gasteiger partial charge in [0.1, 0.15) is 5.00 Å². The molecule has 0 atom stereocenters. The van der Waals surface area contributed by atoms with Crippen LogP contribution in [0.5, 0.6) is 0 Å². The van der Waals surface area contributed by atoms with Gasteiger partial charge in [0.25, 0.3) is 0 Å². The number of hydrogen-bond donors (Lipinski definition) is 1. The van der Waals surface area contributed by atoms with E-state index in [0.29, 0.717) is 0 Å². The summed E-state index contributed by atoms with van der Waals surface area (Å²) in [6.07, 6.45) is 2.71. The summed E-state index contributed by atoms with van der Waals surface area (Å²) in [6.45, 7) is 1.10. The predicted molar refractivity (Wildman–Crippen MR) is 78.2 cm³/mol. The highest BCUT2D eigenvalue weighted by Gasteiger charge is 2.14. The van der Waals surface area contributed by atoms with Crippen molar-refractivity contribution in [3.63, 3.8) is 0 Å². The third-order valence-electron chi connectivity index (χ3n) is 3.28. The zero-order valence-corrected chi connectivity index (χ0v) is 11.3. The zero-order chi connectivity index (χ0) is 11.5. The number of aromatic nitrogens is 1. The molecule has 1 saturated heterocycles. The Bertz CT molecular complexity index is 489. The second-order valence-electron chi connectivity index (χ2n) is 4.47.